The molecule has 0 atom stereocenters. The Kier molecular flexibility index (Phi) is 7.32. The Morgan fingerprint density at radius 1 is 1.13 bits per heavy atom. The van der Waals surface area contributed by atoms with Gasteiger partial charge in [0, 0.05) is 11.8 Å². The quantitative estimate of drug-likeness (QED) is 0.400. The van der Waals surface area contributed by atoms with Crippen LogP contribution < -0.4 is 19.5 Å². The Morgan fingerprint density at radius 2 is 1.90 bits per heavy atom. The van der Waals surface area contributed by atoms with Crippen LogP contribution in [0, 0.1) is 0 Å². The highest BCUT2D eigenvalue weighted by molar-refractivity contribution is 6.02. The molecule has 0 aliphatic carbocycles. The molecule has 1 aliphatic rings. The molecule has 1 amide bonds. The zero-order valence-corrected chi connectivity index (χ0v) is 17.1. The van der Waals surface area contributed by atoms with Crippen LogP contribution in [0.2, 0.25) is 0 Å². The normalized spacial score (nSPS) is 12.5. The average molecular weight is 411 g/mol. The summed E-state index contributed by atoms with van der Waals surface area (Å²) in [5, 5.41) is 2.76. The van der Waals surface area contributed by atoms with Gasteiger partial charge in [0.2, 0.25) is 11.7 Å². The van der Waals surface area contributed by atoms with Gasteiger partial charge in [-0.1, -0.05) is 13.3 Å². The number of amides is 1. The molecule has 158 valence electrons. The number of esters is 1. The number of nitrogens with one attached hydrogen (secondary N) is 1. The number of hydrogen-bond donors (Lipinski definition) is 1. The lowest BCUT2D eigenvalue weighted by atomic mass is 10.1. The number of carbonyl (C=O) groups is 2. The van der Waals surface area contributed by atoms with Gasteiger partial charge in [0.05, 0.1) is 19.3 Å². The maximum Gasteiger partial charge on any atom is 0.338 e. The van der Waals surface area contributed by atoms with Gasteiger partial charge in [-0.3, -0.25) is 4.79 Å². The number of ether oxygens (including phenoxy) is 4. The monoisotopic (exact) mass is 411 g/mol. The van der Waals surface area contributed by atoms with Crippen LogP contribution in [0.4, 0.5) is 5.69 Å². The topological polar surface area (TPSA) is 83.1 Å². The van der Waals surface area contributed by atoms with Crippen LogP contribution in [0.15, 0.2) is 42.5 Å². The number of anilines is 1. The summed E-state index contributed by atoms with van der Waals surface area (Å²) >= 11 is 0. The summed E-state index contributed by atoms with van der Waals surface area (Å²) in [6.45, 7) is 3.37. The first kappa shape index (κ1) is 21.2. The smallest absolute Gasteiger partial charge is 0.338 e. The second-order valence-electron chi connectivity index (χ2n) is 6.64. The number of hydrogen-bond acceptors (Lipinski definition) is 6. The Morgan fingerprint density at radius 3 is 2.63 bits per heavy atom. The molecule has 0 spiro atoms. The third-order valence-corrected chi connectivity index (χ3v) is 4.40. The minimum Gasteiger partial charge on any atom is -0.493 e. The number of rotatable bonds is 8. The predicted octanol–water partition coefficient (Wildman–Crippen LogP) is 4.08. The van der Waals surface area contributed by atoms with E-state index in [1.165, 1.54) is 6.08 Å². The van der Waals surface area contributed by atoms with Crippen molar-refractivity contribution in [3.63, 3.8) is 0 Å². The van der Waals surface area contributed by atoms with Crippen LogP contribution in [0.3, 0.4) is 0 Å². The maximum atomic E-state index is 12.2. The van der Waals surface area contributed by atoms with E-state index in [-0.39, 0.29) is 11.9 Å². The fraction of sp³-hybridized carbons (Fsp3) is 0.304. The first-order valence-electron chi connectivity index (χ1n) is 9.84. The second kappa shape index (κ2) is 10.3. The van der Waals surface area contributed by atoms with E-state index in [1.54, 1.807) is 49.6 Å². The molecule has 1 aliphatic heterocycles. The maximum absolute atomic E-state index is 12.2. The SMILES string of the molecule is CCCCOC(=O)c1ccc(NC(=O)/C=C/c2cc(OC)c3c(c2)OCCO3)cc1. The Labute approximate surface area is 175 Å². The molecule has 1 heterocycles. The molecular weight excluding hydrogens is 386 g/mol. The van der Waals surface area contributed by atoms with Crippen LogP contribution in [0.25, 0.3) is 6.08 Å². The predicted molar refractivity (Wildman–Crippen MR) is 113 cm³/mol. The number of fused-ring (bicyclic) bond motifs is 1. The molecule has 0 saturated heterocycles. The van der Waals surface area contributed by atoms with Gasteiger partial charge in [0.25, 0.3) is 0 Å². The molecule has 0 bridgehead atoms. The van der Waals surface area contributed by atoms with Gasteiger partial charge in [-0.25, -0.2) is 4.79 Å². The van der Waals surface area contributed by atoms with Crippen LogP contribution in [0.1, 0.15) is 35.7 Å². The minimum absolute atomic E-state index is 0.304. The van der Waals surface area contributed by atoms with Crippen LogP contribution >= 0.6 is 0 Å². The molecule has 0 saturated carbocycles. The molecule has 2 aromatic carbocycles. The largest absolute Gasteiger partial charge is 0.493 e. The summed E-state index contributed by atoms with van der Waals surface area (Å²) in [4.78, 5) is 24.2. The summed E-state index contributed by atoms with van der Waals surface area (Å²) in [6.07, 6.45) is 4.87. The van der Waals surface area contributed by atoms with Gasteiger partial charge in [-0.05, 0) is 54.5 Å². The van der Waals surface area contributed by atoms with E-state index in [1.807, 2.05) is 6.92 Å². The third-order valence-electron chi connectivity index (χ3n) is 4.40. The van der Waals surface area contributed by atoms with Gasteiger partial charge in [0.1, 0.15) is 13.2 Å². The van der Waals surface area contributed by atoms with E-state index >= 15 is 0 Å². The second-order valence-corrected chi connectivity index (χ2v) is 6.64. The Balaban J connectivity index is 1.60. The first-order valence-corrected chi connectivity index (χ1v) is 9.84. The zero-order valence-electron chi connectivity index (χ0n) is 17.1. The summed E-state index contributed by atoms with van der Waals surface area (Å²) in [5.74, 6) is 1.03. The summed E-state index contributed by atoms with van der Waals surface area (Å²) < 4.78 is 21.7. The lowest BCUT2D eigenvalue weighted by Gasteiger charge is -2.20. The lowest BCUT2D eigenvalue weighted by molar-refractivity contribution is -0.111. The van der Waals surface area contributed by atoms with Crippen LogP contribution in [-0.2, 0) is 9.53 Å². The van der Waals surface area contributed by atoms with Crippen molar-refractivity contribution in [3.05, 3.63) is 53.6 Å². The van der Waals surface area contributed by atoms with E-state index in [2.05, 4.69) is 5.32 Å². The number of benzene rings is 2. The summed E-state index contributed by atoms with van der Waals surface area (Å²) in [7, 11) is 1.55. The molecular formula is C23H25NO6. The molecule has 7 heteroatoms. The third kappa shape index (κ3) is 5.53. The highest BCUT2D eigenvalue weighted by Crippen LogP contribution is 2.40. The van der Waals surface area contributed by atoms with Crippen LogP contribution in [0.5, 0.6) is 17.2 Å². The van der Waals surface area contributed by atoms with Crippen molar-refractivity contribution in [2.45, 2.75) is 19.8 Å². The minimum atomic E-state index is -0.367. The summed E-state index contributed by atoms with van der Waals surface area (Å²) in [6, 6.07) is 10.1. The van der Waals surface area contributed by atoms with E-state index in [9.17, 15) is 9.59 Å². The highest BCUT2D eigenvalue weighted by atomic mass is 16.6. The van der Waals surface area contributed by atoms with Crippen molar-refractivity contribution in [1.82, 2.24) is 0 Å². The van der Waals surface area contributed by atoms with Crippen molar-refractivity contribution in [3.8, 4) is 17.2 Å². The van der Waals surface area contributed by atoms with E-state index in [4.69, 9.17) is 18.9 Å². The fourth-order valence-corrected chi connectivity index (χ4v) is 2.83. The molecule has 7 nitrogen and oxygen atoms in total. The fourth-order valence-electron chi connectivity index (χ4n) is 2.83. The van der Waals surface area contributed by atoms with Gasteiger partial charge < -0.3 is 24.3 Å². The van der Waals surface area contributed by atoms with E-state index < -0.39 is 0 Å². The molecule has 3 rings (SSSR count). The van der Waals surface area contributed by atoms with Crippen LogP contribution in [-0.4, -0.2) is 38.8 Å². The van der Waals surface area contributed by atoms with Gasteiger partial charge >= 0.3 is 5.97 Å². The Bertz CT molecular complexity index is 903. The van der Waals surface area contributed by atoms with E-state index in [0.717, 1.165) is 18.4 Å². The molecule has 2 aromatic rings. The van der Waals surface area contributed by atoms with Gasteiger partial charge in [-0.2, -0.15) is 0 Å². The lowest BCUT2D eigenvalue weighted by Crippen LogP contribution is -2.16. The van der Waals surface area contributed by atoms with Crippen molar-refractivity contribution in [1.29, 1.82) is 0 Å². The standard InChI is InChI=1S/C23H25NO6/c1-3-4-11-30-23(26)17-6-8-18(9-7-17)24-21(25)10-5-16-14-19(27-2)22-20(15-16)28-12-13-29-22/h5-10,14-15H,3-4,11-13H2,1-2H3,(H,24,25)/b10-5+. The van der Waals surface area contributed by atoms with E-state index in [0.29, 0.717) is 48.3 Å². The summed E-state index contributed by atoms with van der Waals surface area (Å²) in [5.41, 5.74) is 1.77. The number of unbranched alkanes of at least 4 members (excludes halogenated alkanes) is 1. The van der Waals surface area contributed by atoms with Crippen molar-refractivity contribution >= 4 is 23.6 Å². The van der Waals surface area contributed by atoms with Gasteiger partial charge in [0.15, 0.2) is 11.5 Å². The molecule has 0 radical (unpaired) electrons. The van der Waals surface area contributed by atoms with Crippen molar-refractivity contribution in [2.75, 3.05) is 32.2 Å². The van der Waals surface area contributed by atoms with Crippen molar-refractivity contribution in [2.24, 2.45) is 0 Å². The van der Waals surface area contributed by atoms with Crippen molar-refractivity contribution < 1.29 is 28.5 Å². The molecule has 30 heavy (non-hydrogen) atoms. The average Bonchev–Trinajstić information content (AvgIpc) is 2.77. The zero-order chi connectivity index (χ0) is 21.3. The Hall–Kier alpha value is -3.48. The molecule has 0 aromatic heterocycles. The molecule has 0 fully saturated rings. The first-order chi connectivity index (χ1) is 14.6. The number of carbonyl (C=O) groups excluding carboxylic acids is 2. The number of methoxy groups -OCH3 is 1. The molecule has 0 unspecified atom stereocenters. The highest BCUT2D eigenvalue weighted by Gasteiger charge is 2.17. The van der Waals surface area contributed by atoms with Gasteiger partial charge in [-0.15, -0.1) is 0 Å². The molecule has 1 N–H and O–H groups in total.